The number of pyridine rings is 1. The number of hydrogen-bond acceptors (Lipinski definition) is 3. The molecule has 0 unspecified atom stereocenters. The summed E-state index contributed by atoms with van der Waals surface area (Å²) in [5.41, 5.74) is 0.181. The number of rotatable bonds is 2. The summed E-state index contributed by atoms with van der Waals surface area (Å²) < 4.78 is 4.71. The second-order valence-corrected chi connectivity index (χ2v) is 2.33. The molecule has 1 rings (SSSR count). The Hall–Kier alpha value is -0.177. The fourth-order valence-electron chi connectivity index (χ4n) is 0.694. The molecule has 0 aliphatic carbocycles. The average molecular weight is 285 g/mol. The van der Waals surface area contributed by atoms with Crippen molar-refractivity contribution < 1.29 is 26.8 Å². The van der Waals surface area contributed by atoms with Gasteiger partial charge in [0.2, 0.25) is 0 Å². The van der Waals surface area contributed by atoms with E-state index in [1.807, 2.05) is 0 Å². The summed E-state index contributed by atoms with van der Waals surface area (Å²) >= 11 is 6.46. The first-order valence-electron chi connectivity index (χ1n) is 3.71. The molecule has 72 valence electrons. The van der Waals surface area contributed by atoms with Crippen LogP contribution in [0.15, 0.2) is 12.3 Å². The SMILES string of the molecule is CCOC(=O)c1[c-]ccnc1Cl.[Cl][Zn+]. The predicted octanol–water partition coefficient (Wildman–Crippen LogP) is 2.40. The van der Waals surface area contributed by atoms with Gasteiger partial charge in [0.1, 0.15) is 0 Å². The van der Waals surface area contributed by atoms with Gasteiger partial charge in [0, 0.05) is 5.15 Å². The van der Waals surface area contributed by atoms with Gasteiger partial charge in [-0.05, 0) is 12.5 Å². The van der Waals surface area contributed by atoms with Crippen LogP contribution in [0.5, 0.6) is 0 Å². The molecule has 3 nitrogen and oxygen atoms in total. The van der Waals surface area contributed by atoms with Gasteiger partial charge in [-0.25, -0.2) is 0 Å². The third-order valence-electron chi connectivity index (χ3n) is 1.18. The maximum absolute atomic E-state index is 11.1. The minimum atomic E-state index is -0.490. The molecule has 0 radical (unpaired) electrons. The van der Waals surface area contributed by atoms with E-state index in [0.29, 0.717) is 6.61 Å². The molecule has 0 atom stereocenters. The Morgan fingerprint density at radius 1 is 1.71 bits per heavy atom. The Morgan fingerprint density at radius 3 is 2.86 bits per heavy atom. The Morgan fingerprint density at radius 2 is 2.36 bits per heavy atom. The molecule has 0 N–H and O–H groups in total. The van der Waals surface area contributed by atoms with Crippen LogP contribution in [-0.2, 0) is 22.0 Å². The van der Waals surface area contributed by atoms with Crippen LogP contribution in [-0.4, -0.2) is 17.6 Å². The third kappa shape index (κ3) is 4.36. The third-order valence-corrected chi connectivity index (χ3v) is 1.46. The van der Waals surface area contributed by atoms with Gasteiger partial charge in [-0.2, -0.15) is 0 Å². The molecule has 1 aromatic heterocycles. The standard InChI is InChI=1S/C8H7ClNO2.ClH.Zn/c1-2-12-8(11)6-4-3-5-10-7(6)9;;/h3,5H,2H2,1H3;1H;/q-1;;+2/p-1. The van der Waals surface area contributed by atoms with Gasteiger partial charge in [0.05, 0.1) is 6.61 Å². The van der Waals surface area contributed by atoms with Crippen LogP contribution < -0.4 is 0 Å². The first-order chi connectivity index (χ1) is 6.75. The molecule has 14 heavy (non-hydrogen) atoms. The molecule has 0 spiro atoms. The zero-order chi connectivity index (χ0) is 11.0. The molecule has 0 amide bonds. The summed E-state index contributed by atoms with van der Waals surface area (Å²) in [6, 6.07) is 4.16. The van der Waals surface area contributed by atoms with E-state index in [9.17, 15) is 4.79 Å². The van der Waals surface area contributed by atoms with Crippen LogP contribution in [0.1, 0.15) is 17.3 Å². The molecule has 1 aromatic rings. The van der Waals surface area contributed by atoms with E-state index >= 15 is 0 Å². The van der Waals surface area contributed by atoms with Gasteiger partial charge in [-0.3, -0.25) is 0 Å². The van der Waals surface area contributed by atoms with Crippen LogP contribution in [0, 0.1) is 6.07 Å². The molecule has 6 heteroatoms. The van der Waals surface area contributed by atoms with E-state index in [1.54, 1.807) is 6.92 Å². The van der Waals surface area contributed by atoms with E-state index in [0.717, 1.165) is 17.3 Å². The van der Waals surface area contributed by atoms with Crippen molar-refractivity contribution in [2.75, 3.05) is 6.61 Å². The molecular weight excluding hydrogens is 278 g/mol. The van der Waals surface area contributed by atoms with E-state index in [4.69, 9.17) is 26.0 Å². The topological polar surface area (TPSA) is 39.2 Å². The summed E-state index contributed by atoms with van der Waals surface area (Å²) in [6.45, 7) is 2.04. The summed E-state index contributed by atoms with van der Waals surface area (Å²) in [5, 5.41) is 0.121. The number of hydrogen-bond donors (Lipinski definition) is 0. The van der Waals surface area contributed by atoms with Crippen molar-refractivity contribution in [3.8, 4) is 0 Å². The van der Waals surface area contributed by atoms with Gasteiger partial charge in [0.15, 0.2) is 0 Å². The first-order valence-corrected chi connectivity index (χ1v) is 7.99. The molecule has 0 aliphatic heterocycles. The second-order valence-electron chi connectivity index (χ2n) is 1.98. The van der Waals surface area contributed by atoms with Gasteiger partial charge in [-0.1, -0.05) is 6.20 Å². The van der Waals surface area contributed by atoms with E-state index in [1.165, 1.54) is 12.3 Å². The molecule has 0 fully saturated rings. The quantitative estimate of drug-likeness (QED) is 0.362. The second kappa shape index (κ2) is 8.16. The fourth-order valence-corrected chi connectivity index (χ4v) is 0.882. The summed E-state index contributed by atoms with van der Waals surface area (Å²) in [7, 11) is 4.76. The Bertz CT molecular complexity index is 296. The van der Waals surface area contributed by atoms with Crippen LogP contribution in [0.2, 0.25) is 5.15 Å². The van der Waals surface area contributed by atoms with E-state index < -0.39 is 5.97 Å². The predicted molar refractivity (Wildman–Crippen MR) is 49.9 cm³/mol. The maximum atomic E-state index is 11.1. The fraction of sp³-hybridized carbons (Fsp3) is 0.250. The number of carbonyl (C=O) groups is 1. The first kappa shape index (κ1) is 13.8. The Kier molecular flexibility index (Phi) is 8.06. The summed E-state index contributed by atoms with van der Waals surface area (Å²) in [6.07, 6.45) is 1.46. The summed E-state index contributed by atoms with van der Waals surface area (Å²) in [4.78, 5) is 14.8. The van der Waals surface area contributed by atoms with Gasteiger partial charge < -0.3 is 14.5 Å². The molecule has 0 saturated heterocycles. The number of ether oxygens (including phenoxy) is 1. The Balaban J connectivity index is 0.000000791. The van der Waals surface area contributed by atoms with Gasteiger partial charge in [-0.15, -0.1) is 23.7 Å². The monoisotopic (exact) mass is 283 g/mol. The molecule has 1 heterocycles. The van der Waals surface area contributed by atoms with Crippen molar-refractivity contribution in [3.63, 3.8) is 0 Å². The van der Waals surface area contributed by atoms with Crippen LogP contribution in [0.25, 0.3) is 0 Å². The number of carbonyl (C=O) groups excluding carboxylic acids is 1. The molecular formula is C8H7Cl2NO2Zn. The number of esters is 1. The van der Waals surface area contributed by atoms with Crippen LogP contribution >= 0.6 is 21.3 Å². The van der Waals surface area contributed by atoms with Crippen LogP contribution in [0.3, 0.4) is 0 Å². The van der Waals surface area contributed by atoms with Crippen molar-refractivity contribution >= 4 is 27.3 Å². The molecule has 0 bridgehead atoms. The van der Waals surface area contributed by atoms with Crippen LogP contribution in [0.4, 0.5) is 0 Å². The zero-order valence-corrected chi connectivity index (χ0v) is 12.1. The molecule has 0 saturated carbocycles. The average Bonchev–Trinajstić information content (AvgIpc) is 2.22. The van der Waals surface area contributed by atoms with E-state index in [-0.39, 0.29) is 10.7 Å². The van der Waals surface area contributed by atoms with Gasteiger partial charge in [0.25, 0.3) is 5.97 Å². The Labute approximate surface area is 101 Å². The number of halogens is 2. The van der Waals surface area contributed by atoms with Crippen molar-refractivity contribution in [2.24, 2.45) is 0 Å². The van der Waals surface area contributed by atoms with Crippen molar-refractivity contribution in [2.45, 2.75) is 6.92 Å². The molecule has 0 aliphatic rings. The van der Waals surface area contributed by atoms with E-state index in [2.05, 4.69) is 11.1 Å². The summed E-state index contributed by atoms with van der Waals surface area (Å²) in [5.74, 6) is -0.490. The zero-order valence-electron chi connectivity index (χ0n) is 7.59. The van der Waals surface area contributed by atoms with Gasteiger partial charge >= 0.3 is 27.0 Å². The van der Waals surface area contributed by atoms with Crippen molar-refractivity contribution in [1.29, 1.82) is 0 Å². The number of nitrogens with zero attached hydrogens (tertiary/aromatic N) is 1. The van der Waals surface area contributed by atoms with Crippen molar-refractivity contribution in [3.05, 3.63) is 29.0 Å². The minimum absolute atomic E-state index is 0.121. The number of aromatic nitrogens is 1. The van der Waals surface area contributed by atoms with Crippen molar-refractivity contribution in [1.82, 2.24) is 4.98 Å². The normalized spacial score (nSPS) is 8.64. The molecule has 0 aromatic carbocycles.